The summed E-state index contributed by atoms with van der Waals surface area (Å²) < 4.78 is 4.16. The fraction of sp³-hybridized carbons (Fsp3) is 0.111. The standard InChI is InChI=1S/C9H6I2S2/c1-12-7-3-2-5(10)8-6(11)4-13-9(7)8/h2-4H,1H3. The highest BCUT2D eigenvalue weighted by Crippen LogP contribution is 2.37. The molecule has 4 heteroatoms. The average Bonchev–Trinajstić information content (AvgIpc) is 2.50. The zero-order chi connectivity index (χ0) is 9.42. The van der Waals surface area contributed by atoms with Gasteiger partial charge in [-0.25, -0.2) is 0 Å². The zero-order valence-electron chi connectivity index (χ0n) is 6.80. The Bertz CT molecular complexity index is 448. The van der Waals surface area contributed by atoms with Gasteiger partial charge >= 0.3 is 0 Å². The molecule has 68 valence electrons. The topological polar surface area (TPSA) is 0 Å². The van der Waals surface area contributed by atoms with Crippen LogP contribution < -0.4 is 0 Å². The number of thioether (sulfide) groups is 1. The molecule has 0 bridgehead atoms. The van der Waals surface area contributed by atoms with E-state index in [1.807, 2.05) is 23.1 Å². The summed E-state index contributed by atoms with van der Waals surface area (Å²) in [6.45, 7) is 0. The lowest BCUT2D eigenvalue weighted by atomic mass is 10.3. The van der Waals surface area contributed by atoms with Crippen molar-refractivity contribution >= 4 is 78.4 Å². The number of benzene rings is 1. The van der Waals surface area contributed by atoms with E-state index in [0.717, 1.165) is 0 Å². The van der Waals surface area contributed by atoms with Gasteiger partial charge in [0.25, 0.3) is 0 Å². The molecule has 0 unspecified atom stereocenters. The SMILES string of the molecule is CSc1ccc(I)c2c(I)csc12. The molecule has 0 spiro atoms. The normalized spacial score (nSPS) is 11.0. The predicted octanol–water partition coefficient (Wildman–Crippen LogP) is 4.83. The van der Waals surface area contributed by atoms with Crippen molar-refractivity contribution in [2.45, 2.75) is 4.90 Å². The van der Waals surface area contributed by atoms with Gasteiger partial charge in [-0.1, -0.05) is 0 Å². The smallest absolute Gasteiger partial charge is 0.0500 e. The van der Waals surface area contributed by atoms with E-state index >= 15 is 0 Å². The minimum Gasteiger partial charge on any atom is -0.141 e. The van der Waals surface area contributed by atoms with Crippen molar-refractivity contribution in [1.29, 1.82) is 0 Å². The molecule has 0 amide bonds. The predicted molar refractivity (Wildman–Crippen MR) is 79.0 cm³/mol. The summed E-state index contributed by atoms with van der Waals surface area (Å²) in [7, 11) is 0. The molecule has 0 aliphatic rings. The lowest BCUT2D eigenvalue weighted by molar-refractivity contribution is 1.57. The van der Waals surface area contributed by atoms with E-state index < -0.39 is 0 Å². The van der Waals surface area contributed by atoms with Crippen LogP contribution in [0, 0.1) is 7.14 Å². The van der Waals surface area contributed by atoms with Crippen LogP contribution >= 0.6 is 68.3 Å². The molecular formula is C9H6I2S2. The van der Waals surface area contributed by atoms with Crippen LogP contribution in [0.15, 0.2) is 22.4 Å². The van der Waals surface area contributed by atoms with Gasteiger partial charge in [-0.05, 0) is 63.6 Å². The summed E-state index contributed by atoms with van der Waals surface area (Å²) in [6, 6.07) is 4.41. The molecule has 0 aliphatic heterocycles. The van der Waals surface area contributed by atoms with Crippen LogP contribution in [0.25, 0.3) is 10.1 Å². The number of halogens is 2. The van der Waals surface area contributed by atoms with Gasteiger partial charge in [0.1, 0.15) is 0 Å². The van der Waals surface area contributed by atoms with Crippen molar-refractivity contribution in [3.05, 3.63) is 24.7 Å². The second-order valence-corrected chi connectivity index (χ2v) is 6.59. The maximum absolute atomic E-state index is 2.41. The monoisotopic (exact) mass is 432 g/mol. The third-order valence-electron chi connectivity index (χ3n) is 1.81. The maximum atomic E-state index is 2.41. The highest BCUT2D eigenvalue weighted by Gasteiger charge is 2.08. The molecular weight excluding hydrogens is 426 g/mol. The molecule has 0 N–H and O–H groups in total. The maximum Gasteiger partial charge on any atom is 0.0500 e. The van der Waals surface area contributed by atoms with Gasteiger partial charge in [0, 0.05) is 27.5 Å². The minimum atomic E-state index is 1.36. The van der Waals surface area contributed by atoms with E-state index in [0.29, 0.717) is 0 Å². The van der Waals surface area contributed by atoms with E-state index in [1.165, 1.54) is 22.1 Å². The van der Waals surface area contributed by atoms with Gasteiger partial charge in [-0.2, -0.15) is 0 Å². The van der Waals surface area contributed by atoms with Crippen LogP contribution in [0.5, 0.6) is 0 Å². The summed E-state index contributed by atoms with van der Waals surface area (Å²) in [6.07, 6.45) is 2.13. The third-order valence-corrected chi connectivity index (χ3v) is 5.90. The van der Waals surface area contributed by atoms with Crippen LogP contribution in [0.1, 0.15) is 0 Å². The number of hydrogen-bond donors (Lipinski definition) is 0. The summed E-state index contributed by atoms with van der Waals surface area (Å²) in [5.41, 5.74) is 0. The number of fused-ring (bicyclic) bond motifs is 1. The van der Waals surface area contributed by atoms with Crippen LogP contribution in [-0.2, 0) is 0 Å². The lowest BCUT2D eigenvalue weighted by Gasteiger charge is -2.00. The molecule has 1 aromatic heterocycles. The number of hydrogen-bond acceptors (Lipinski definition) is 2. The highest BCUT2D eigenvalue weighted by molar-refractivity contribution is 14.1. The van der Waals surface area contributed by atoms with E-state index in [1.54, 1.807) is 0 Å². The van der Waals surface area contributed by atoms with E-state index in [9.17, 15) is 0 Å². The van der Waals surface area contributed by atoms with Crippen molar-refractivity contribution in [2.75, 3.05) is 6.26 Å². The molecule has 0 nitrogen and oxygen atoms in total. The first-order valence-electron chi connectivity index (χ1n) is 3.63. The van der Waals surface area contributed by atoms with Crippen LogP contribution in [0.2, 0.25) is 0 Å². The Labute approximate surface area is 113 Å². The first-order chi connectivity index (χ1) is 6.24. The van der Waals surface area contributed by atoms with Crippen LogP contribution in [-0.4, -0.2) is 6.26 Å². The fourth-order valence-electron chi connectivity index (χ4n) is 1.21. The van der Waals surface area contributed by atoms with E-state index in [-0.39, 0.29) is 0 Å². The van der Waals surface area contributed by atoms with Gasteiger partial charge in [0.15, 0.2) is 0 Å². The van der Waals surface area contributed by atoms with Crippen molar-refractivity contribution in [1.82, 2.24) is 0 Å². The molecule has 0 aliphatic carbocycles. The Hall–Kier alpha value is 0.990. The summed E-state index contributed by atoms with van der Waals surface area (Å²) in [4.78, 5) is 1.39. The lowest BCUT2D eigenvalue weighted by Crippen LogP contribution is -1.77. The molecule has 2 rings (SSSR count). The largest absolute Gasteiger partial charge is 0.141 e. The fourth-order valence-corrected chi connectivity index (χ4v) is 5.52. The Kier molecular flexibility index (Phi) is 3.43. The Morgan fingerprint density at radius 2 is 2.00 bits per heavy atom. The van der Waals surface area contributed by atoms with Gasteiger partial charge in [0.05, 0.1) is 0 Å². The summed E-state index contributed by atoms with van der Waals surface area (Å²) in [5.74, 6) is 0. The zero-order valence-corrected chi connectivity index (χ0v) is 12.8. The first kappa shape index (κ1) is 10.5. The summed E-state index contributed by atoms with van der Waals surface area (Å²) in [5, 5.41) is 3.66. The van der Waals surface area contributed by atoms with Crippen molar-refractivity contribution in [3.8, 4) is 0 Å². The molecule has 2 aromatic rings. The molecule has 0 atom stereocenters. The minimum absolute atomic E-state index is 1.36. The Morgan fingerprint density at radius 1 is 1.23 bits per heavy atom. The number of thiophene rings is 1. The quantitative estimate of drug-likeness (QED) is 0.460. The molecule has 0 radical (unpaired) electrons. The first-order valence-corrected chi connectivity index (χ1v) is 7.89. The molecule has 13 heavy (non-hydrogen) atoms. The van der Waals surface area contributed by atoms with Crippen LogP contribution in [0.4, 0.5) is 0 Å². The molecule has 1 aromatic carbocycles. The average molecular weight is 432 g/mol. The van der Waals surface area contributed by atoms with Gasteiger partial charge in [-0.15, -0.1) is 23.1 Å². The number of rotatable bonds is 1. The third kappa shape index (κ3) is 1.87. The Balaban J connectivity index is 2.87. The van der Waals surface area contributed by atoms with Gasteiger partial charge < -0.3 is 0 Å². The molecule has 0 saturated carbocycles. The molecule has 0 saturated heterocycles. The van der Waals surface area contributed by atoms with E-state index in [2.05, 4.69) is 69.0 Å². The second-order valence-electron chi connectivity index (χ2n) is 2.54. The van der Waals surface area contributed by atoms with Crippen molar-refractivity contribution < 1.29 is 0 Å². The molecule has 0 fully saturated rings. The molecule has 1 heterocycles. The van der Waals surface area contributed by atoms with E-state index in [4.69, 9.17) is 0 Å². The summed E-state index contributed by atoms with van der Waals surface area (Å²) >= 11 is 8.48. The van der Waals surface area contributed by atoms with Crippen molar-refractivity contribution in [2.24, 2.45) is 0 Å². The van der Waals surface area contributed by atoms with Gasteiger partial charge in [0.2, 0.25) is 0 Å². The van der Waals surface area contributed by atoms with Crippen LogP contribution in [0.3, 0.4) is 0 Å². The second kappa shape index (κ2) is 4.24. The van der Waals surface area contributed by atoms with Gasteiger partial charge in [-0.3, -0.25) is 0 Å². The van der Waals surface area contributed by atoms with Crippen molar-refractivity contribution in [3.63, 3.8) is 0 Å². The highest BCUT2D eigenvalue weighted by atomic mass is 127. The Morgan fingerprint density at radius 3 is 2.69 bits per heavy atom.